The van der Waals surface area contributed by atoms with Gasteiger partial charge in [0.1, 0.15) is 5.70 Å². The van der Waals surface area contributed by atoms with E-state index in [1.807, 2.05) is 0 Å². The molecule has 3 N–H and O–H groups in total. The normalized spacial score (nSPS) is 13.1. The van der Waals surface area contributed by atoms with Crippen LogP contribution in [0.5, 0.6) is 0 Å². The summed E-state index contributed by atoms with van der Waals surface area (Å²) < 4.78 is 4.79. The summed E-state index contributed by atoms with van der Waals surface area (Å²) in [5.74, 6) is -2.31. The lowest BCUT2D eigenvalue weighted by molar-refractivity contribution is -0.137. The van der Waals surface area contributed by atoms with Crippen LogP contribution in [0.25, 0.3) is 0 Å². The highest BCUT2D eigenvalue weighted by Crippen LogP contribution is 2.30. The van der Waals surface area contributed by atoms with Gasteiger partial charge < -0.3 is 20.5 Å². The molecular weight excluding hydrogens is 404 g/mol. The van der Waals surface area contributed by atoms with Gasteiger partial charge in [-0.2, -0.15) is 0 Å². The summed E-state index contributed by atoms with van der Waals surface area (Å²) >= 11 is 0. The number of hydrogen-bond donors (Lipinski definition) is 3. The van der Waals surface area contributed by atoms with Crippen molar-refractivity contribution in [1.29, 1.82) is 0 Å². The van der Waals surface area contributed by atoms with Crippen molar-refractivity contribution in [2.24, 2.45) is 0 Å². The summed E-state index contributed by atoms with van der Waals surface area (Å²) in [5.41, 5.74) is 1.04. The largest absolute Gasteiger partial charge is 0.465 e. The predicted molar refractivity (Wildman–Crippen MR) is 110 cm³/mol. The number of pyridine rings is 1. The molecule has 0 atom stereocenters. The van der Waals surface area contributed by atoms with Gasteiger partial charge in [-0.05, 0) is 29.8 Å². The SMILES string of the molecule is COC(=O)c1cccc(NC(=O)Cc2ccncc2)c1NC1=CC(=O)N(CCO)C1=O. The number of esters is 1. The molecule has 160 valence electrons. The number of amides is 3. The summed E-state index contributed by atoms with van der Waals surface area (Å²) in [6.45, 7) is -0.540. The Morgan fingerprint density at radius 2 is 1.90 bits per heavy atom. The number of ether oxygens (including phenoxy) is 1. The van der Waals surface area contributed by atoms with Gasteiger partial charge in [-0.15, -0.1) is 0 Å². The van der Waals surface area contributed by atoms with Crippen LogP contribution in [-0.4, -0.2) is 58.9 Å². The van der Waals surface area contributed by atoms with Gasteiger partial charge in [-0.3, -0.25) is 24.3 Å². The number of methoxy groups -OCH3 is 1. The molecule has 2 heterocycles. The van der Waals surface area contributed by atoms with Crippen molar-refractivity contribution in [3.05, 3.63) is 65.6 Å². The van der Waals surface area contributed by atoms with Crippen molar-refractivity contribution in [3.8, 4) is 0 Å². The van der Waals surface area contributed by atoms with Gasteiger partial charge in [0.15, 0.2) is 0 Å². The van der Waals surface area contributed by atoms with E-state index in [1.165, 1.54) is 13.2 Å². The van der Waals surface area contributed by atoms with Crippen molar-refractivity contribution < 1.29 is 29.0 Å². The number of nitrogens with zero attached hydrogens (tertiary/aromatic N) is 2. The molecule has 0 bridgehead atoms. The Bertz CT molecular complexity index is 1050. The van der Waals surface area contributed by atoms with E-state index in [-0.39, 0.29) is 48.1 Å². The number of para-hydroxylation sites is 1. The number of β-amino-alcohol motifs (C(OH)–C–C–N with tert-alkyl or cyclic N) is 1. The second kappa shape index (κ2) is 9.63. The highest BCUT2D eigenvalue weighted by Gasteiger charge is 2.32. The molecule has 10 nitrogen and oxygen atoms in total. The summed E-state index contributed by atoms with van der Waals surface area (Å²) in [6, 6.07) is 7.96. The smallest absolute Gasteiger partial charge is 0.340 e. The molecule has 1 aliphatic rings. The number of rotatable bonds is 8. The molecule has 10 heteroatoms. The van der Waals surface area contributed by atoms with E-state index in [0.29, 0.717) is 0 Å². The van der Waals surface area contributed by atoms with E-state index >= 15 is 0 Å². The number of benzene rings is 1. The van der Waals surface area contributed by atoms with Gasteiger partial charge in [0.25, 0.3) is 11.8 Å². The molecule has 1 aromatic carbocycles. The molecule has 2 aromatic rings. The Morgan fingerprint density at radius 1 is 1.16 bits per heavy atom. The summed E-state index contributed by atoms with van der Waals surface area (Å²) in [7, 11) is 1.20. The predicted octanol–water partition coefficient (Wildman–Crippen LogP) is 0.706. The van der Waals surface area contributed by atoms with E-state index in [4.69, 9.17) is 9.84 Å². The minimum absolute atomic E-state index is 0.0611. The molecule has 31 heavy (non-hydrogen) atoms. The molecule has 0 fully saturated rings. The zero-order valence-corrected chi connectivity index (χ0v) is 16.6. The van der Waals surface area contributed by atoms with Crippen LogP contribution < -0.4 is 10.6 Å². The average molecular weight is 424 g/mol. The molecule has 0 aliphatic carbocycles. The number of aromatic nitrogens is 1. The molecule has 0 saturated carbocycles. The molecule has 1 aromatic heterocycles. The van der Waals surface area contributed by atoms with Gasteiger partial charge in [0, 0.05) is 18.5 Å². The number of anilines is 2. The quantitative estimate of drug-likeness (QED) is 0.416. The summed E-state index contributed by atoms with van der Waals surface area (Å²) in [4.78, 5) is 54.1. The van der Waals surface area contributed by atoms with Gasteiger partial charge in [-0.1, -0.05) is 6.07 Å². The van der Waals surface area contributed by atoms with Crippen LogP contribution in [0.15, 0.2) is 54.5 Å². The van der Waals surface area contributed by atoms with Crippen LogP contribution in [0.4, 0.5) is 11.4 Å². The molecule has 0 radical (unpaired) electrons. The van der Waals surface area contributed by atoms with Gasteiger partial charge >= 0.3 is 5.97 Å². The second-order valence-electron chi connectivity index (χ2n) is 6.50. The topological polar surface area (TPSA) is 138 Å². The zero-order chi connectivity index (χ0) is 22.4. The molecule has 3 rings (SSSR count). The number of carbonyl (C=O) groups is 4. The zero-order valence-electron chi connectivity index (χ0n) is 16.6. The van der Waals surface area contributed by atoms with Crippen LogP contribution in [-0.2, 0) is 25.5 Å². The summed E-state index contributed by atoms with van der Waals surface area (Å²) in [5, 5.41) is 14.5. The number of nitrogens with one attached hydrogen (secondary N) is 2. The Labute approximate surface area is 177 Å². The van der Waals surface area contributed by atoms with E-state index < -0.39 is 17.8 Å². The maximum absolute atomic E-state index is 12.5. The Hall–Kier alpha value is -4.05. The molecule has 1 aliphatic heterocycles. The number of imide groups is 1. The van der Waals surface area contributed by atoms with Crippen LogP contribution in [0.1, 0.15) is 15.9 Å². The fourth-order valence-corrected chi connectivity index (χ4v) is 3.00. The maximum atomic E-state index is 12.5. The molecule has 0 saturated heterocycles. The monoisotopic (exact) mass is 424 g/mol. The first-order valence-electron chi connectivity index (χ1n) is 9.30. The first-order valence-corrected chi connectivity index (χ1v) is 9.30. The Kier molecular flexibility index (Phi) is 6.73. The third kappa shape index (κ3) is 4.93. The minimum atomic E-state index is -0.697. The number of aliphatic hydroxyl groups is 1. The van der Waals surface area contributed by atoms with Crippen molar-refractivity contribution in [3.63, 3.8) is 0 Å². The lowest BCUT2D eigenvalue weighted by Gasteiger charge is -2.18. The van der Waals surface area contributed by atoms with Crippen LogP contribution in [0, 0.1) is 0 Å². The van der Waals surface area contributed by atoms with Crippen molar-refractivity contribution in [1.82, 2.24) is 9.88 Å². The molecular formula is C21H20N4O6. The van der Waals surface area contributed by atoms with Gasteiger partial charge in [0.2, 0.25) is 5.91 Å². The number of hydrogen-bond acceptors (Lipinski definition) is 8. The maximum Gasteiger partial charge on any atom is 0.340 e. The second-order valence-corrected chi connectivity index (χ2v) is 6.50. The first kappa shape index (κ1) is 21.7. The Morgan fingerprint density at radius 3 is 2.58 bits per heavy atom. The van der Waals surface area contributed by atoms with Crippen LogP contribution in [0.3, 0.4) is 0 Å². The van der Waals surface area contributed by atoms with Gasteiger partial charge in [0.05, 0.1) is 43.6 Å². The highest BCUT2D eigenvalue weighted by molar-refractivity contribution is 6.18. The molecule has 0 unspecified atom stereocenters. The number of carbonyl (C=O) groups excluding carboxylic acids is 4. The average Bonchev–Trinajstić information content (AvgIpc) is 3.02. The van der Waals surface area contributed by atoms with E-state index in [1.54, 1.807) is 36.7 Å². The third-order valence-corrected chi connectivity index (χ3v) is 4.45. The fourth-order valence-electron chi connectivity index (χ4n) is 3.00. The fraction of sp³-hybridized carbons (Fsp3) is 0.190. The Balaban J connectivity index is 1.89. The lowest BCUT2D eigenvalue weighted by Crippen LogP contribution is -2.34. The van der Waals surface area contributed by atoms with Crippen LogP contribution >= 0.6 is 0 Å². The van der Waals surface area contributed by atoms with Crippen molar-refractivity contribution >= 4 is 35.1 Å². The number of aliphatic hydroxyl groups excluding tert-OH is 1. The first-order chi connectivity index (χ1) is 14.9. The van der Waals surface area contributed by atoms with E-state index in [0.717, 1.165) is 16.5 Å². The standard InChI is InChI=1S/C21H20N4O6/c1-31-21(30)14-3-2-4-15(23-17(27)11-13-5-7-22-8-6-13)19(14)24-16-12-18(28)25(9-10-26)20(16)29/h2-8,12,24,26H,9-11H2,1H3,(H,23,27). The van der Waals surface area contributed by atoms with Crippen molar-refractivity contribution in [2.75, 3.05) is 30.9 Å². The molecule has 0 spiro atoms. The van der Waals surface area contributed by atoms with Crippen molar-refractivity contribution in [2.45, 2.75) is 6.42 Å². The summed E-state index contributed by atoms with van der Waals surface area (Å²) in [6.07, 6.45) is 4.27. The highest BCUT2D eigenvalue weighted by atomic mass is 16.5. The van der Waals surface area contributed by atoms with E-state index in [2.05, 4.69) is 15.6 Å². The third-order valence-electron chi connectivity index (χ3n) is 4.45. The molecule has 3 amide bonds. The minimum Gasteiger partial charge on any atom is -0.465 e. The van der Waals surface area contributed by atoms with Crippen LogP contribution in [0.2, 0.25) is 0 Å². The van der Waals surface area contributed by atoms with Gasteiger partial charge in [-0.25, -0.2) is 4.79 Å². The lowest BCUT2D eigenvalue weighted by atomic mass is 10.1. The van der Waals surface area contributed by atoms with E-state index in [9.17, 15) is 19.2 Å².